The number of nitrogens with zero attached hydrogens (tertiary/aromatic N) is 2. The molecule has 0 aliphatic heterocycles. The SMILES string of the molecule is C[SH](C)c1ccc2nnccc2c1. The van der Waals surface area contributed by atoms with Gasteiger partial charge in [-0.2, -0.15) is 10.2 Å². The first-order chi connectivity index (χ1) is 6.27. The lowest BCUT2D eigenvalue weighted by Gasteiger charge is -2.09. The normalized spacial score (nSPS) is 11.7. The van der Waals surface area contributed by atoms with Crippen LogP contribution in [0.4, 0.5) is 0 Å². The van der Waals surface area contributed by atoms with Gasteiger partial charge in [0.25, 0.3) is 0 Å². The van der Waals surface area contributed by atoms with Crippen molar-refractivity contribution in [3.05, 3.63) is 30.5 Å². The van der Waals surface area contributed by atoms with Crippen LogP contribution in [0.15, 0.2) is 35.4 Å². The maximum atomic E-state index is 4.04. The summed E-state index contributed by atoms with van der Waals surface area (Å²) in [5, 5.41) is 9.07. The highest BCUT2D eigenvalue weighted by Crippen LogP contribution is 2.29. The first-order valence-electron chi connectivity index (χ1n) is 4.16. The molecule has 0 atom stereocenters. The van der Waals surface area contributed by atoms with Gasteiger partial charge >= 0.3 is 0 Å². The number of hydrogen-bond acceptors (Lipinski definition) is 2. The molecular formula is C10H12N2S. The molecule has 1 heterocycles. The predicted molar refractivity (Wildman–Crippen MR) is 58.6 cm³/mol. The van der Waals surface area contributed by atoms with E-state index in [-0.39, 0.29) is 10.9 Å². The Morgan fingerprint density at radius 1 is 1.15 bits per heavy atom. The molecule has 0 saturated heterocycles. The second kappa shape index (κ2) is 3.34. The summed E-state index contributed by atoms with van der Waals surface area (Å²) in [4.78, 5) is 1.41. The Hall–Kier alpha value is -1.09. The van der Waals surface area contributed by atoms with Crippen LogP contribution in [0.3, 0.4) is 0 Å². The quantitative estimate of drug-likeness (QED) is 0.701. The first kappa shape index (κ1) is 8.51. The third kappa shape index (κ3) is 1.65. The highest BCUT2D eigenvalue weighted by Gasteiger charge is 1.98. The van der Waals surface area contributed by atoms with Crippen molar-refractivity contribution in [1.29, 1.82) is 0 Å². The van der Waals surface area contributed by atoms with E-state index in [4.69, 9.17) is 0 Å². The fourth-order valence-electron chi connectivity index (χ4n) is 1.25. The second-order valence-electron chi connectivity index (χ2n) is 3.17. The lowest BCUT2D eigenvalue weighted by molar-refractivity contribution is 1.07. The smallest absolute Gasteiger partial charge is 0.0930 e. The number of hydrogen-bond donors (Lipinski definition) is 1. The van der Waals surface area contributed by atoms with E-state index >= 15 is 0 Å². The van der Waals surface area contributed by atoms with Crippen LogP contribution < -0.4 is 0 Å². The number of fused-ring (bicyclic) bond motifs is 1. The number of aromatic nitrogens is 2. The molecule has 2 aromatic rings. The summed E-state index contributed by atoms with van der Waals surface area (Å²) >= 11 is 0. The van der Waals surface area contributed by atoms with Crippen LogP contribution in [-0.2, 0) is 0 Å². The molecule has 0 N–H and O–H groups in total. The molecule has 0 spiro atoms. The van der Waals surface area contributed by atoms with Gasteiger partial charge in [-0.25, -0.2) is 10.9 Å². The topological polar surface area (TPSA) is 25.8 Å². The van der Waals surface area contributed by atoms with Gasteiger partial charge in [0.2, 0.25) is 0 Å². The van der Waals surface area contributed by atoms with Crippen LogP contribution in [-0.4, -0.2) is 22.7 Å². The summed E-state index contributed by atoms with van der Waals surface area (Å²) in [6, 6.07) is 8.39. The highest BCUT2D eigenvalue weighted by atomic mass is 32.2. The summed E-state index contributed by atoms with van der Waals surface area (Å²) in [7, 11) is -0.0170. The summed E-state index contributed by atoms with van der Waals surface area (Å²) in [5.74, 6) is 0. The van der Waals surface area contributed by atoms with Crippen molar-refractivity contribution in [2.75, 3.05) is 12.5 Å². The van der Waals surface area contributed by atoms with Gasteiger partial charge in [-0.3, -0.25) is 0 Å². The molecule has 0 amide bonds. The van der Waals surface area contributed by atoms with Gasteiger partial charge in [-0.15, -0.1) is 0 Å². The van der Waals surface area contributed by atoms with Crippen molar-refractivity contribution in [3.8, 4) is 0 Å². The summed E-state index contributed by atoms with van der Waals surface area (Å²) in [6.45, 7) is 0. The molecule has 0 radical (unpaired) electrons. The maximum absolute atomic E-state index is 4.04. The van der Waals surface area contributed by atoms with E-state index in [1.807, 2.05) is 12.1 Å². The molecule has 13 heavy (non-hydrogen) atoms. The number of rotatable bonds is 1. The molecule has 1 aromatic carbocycles. The Kier molecular flexibility index (Phi) is 2.19. The Morgan fingerprint density at radius 3 is 2.77 bits per heavy atom. The van der Waals surface area contributed by atoms with Crippen LogP contribution in [0.5, 0.6) is 0 Å². The zero-order chi connectivity index (χ0) is 9.26. The standard InChI is InChI=1S/C10H12N2S/c1-13(2)9-3-4-10-8(7-9)5-6-11-12-10/h3-7,13H,1-2H3. The van der Waals surface area contributed by atoms with Crippen LogP contribution in [0.2, 0.25) is 0 Å². The lowest BCUT2D eigenvalue weighted by Crippen LogP contribution is -1.84. The average molecular weight is 192 g/mol. The van der Waals surface area contributed by atoms with Gasteiger partial charge in [-0.1, -0.05) is 0 Å². The third-order valence-corrected chi connectivity index (χ3v) is 3.32. The molecule has 1 aromatic heterocycles. The fraction of sp³-hybridized carbons (Fsp3) is 0.200. The predicted octanol–water partition coefficient (Wildman–Crippen LogP) is 2.25. The molecule has 2 nitrogen and oxygen atoms in total. The van der Waals surface area contributed by atoms with E-state index in [1.54, 1.807) is 6.20 Å². The van der Waals surface area contributed by atoms with Gasteiger partial charge in [0, 0.05) is 5.39 Å². The van der Waals surface area contributed by atoms with E-state index in [0.29, 0.717) is 0 Å². The molecule has 0 aliphatic carbocycles. The minimum Gasteiger partial charge on any atom is -0.233 e. The minimum atomic E-state index is -0.0170. The molecule has 0 fully saturated rings. The highest BCUT2D eigenvalue weighted by molar-refractivity contribution is 8.15. The molecule has 68 valence electrons. The number of thiol groups is 1. The second-order valence-corrected chi connectivity index (χ2v) is 5.47. The van der Waals surface area contributed by atoms with E-state index in [0.717, 1.165) is 5.52 Å². The minimum absolute atomic E-state index is 0.0170. The molecule has 0 unspecified atom stereocenters. The van der Waals surface area contributed by atoms with Crippen molar-refractivity contribution < 1.29 is 0 Å². The Morgan fingerprint density at radius 2 is 2.00 bits per heavy atom. The van der Waals surface area contributed by atoms with Crippen molar-refractivity contribution in [2.45, 2.75) is 4.90 Å². The number of benzene rings is 1. The Bertz CT molecular complexity index is 426. The van der Waals surface area contributed by atoms with Crippen molar-refractivity contribution in [3.63, 3.8) is 0 Å². The van der Waals surface area contributed by atoms with Crippen LogP contribution in [0.25, 0.3) is 10.9 Å². The van der Waals surface area contributed by atoms with E-state index < -0.39 is 0 Å². The van der Waals surface area contributed by atoms with Crippen molar-refractivity contribution >= 4 is 21.8 Å². The maximum Gasteiger partial charge on any atom is 0.0930 e. The van der Waals surface area contributed by atoms with Crippen molar-refractivity contribution in [1.82, 2.24) is 10.2 Å². The van der Waals surface area contributed by atoms with Crippen LogP contribution in [0, 0.1) is 0 Å². The van der Waals surface area contributed by atoms with Crippen molar-refractivity contribution in [2.24, 2.45) is 0 Å². The molecule has 0 aliphatic rings. The van der Waals surface area contributed by atoms with Gasteiger partial charge in [0.15, 0.2) is 0 Å². The molecule has 3 heteroatoms. The van der Waals surface area contributed by atoms with E-state index in [1.165, 1.54) is 10.3 Å². The molecule has 0 bridgehead atoms. The largest absolute Gasteiger partial charge is 0.233 e. The monoisotopic (exact) mass is 192 g/mol. The van der Waals surface area contributed by atoms with Gasteiger partial charge in [0.05, 0.1) is 11.7 Å². The van der Waals surface area contributed by atoms with Gasteiger partial charge in [-0.05, 0) is 41.7 Å². The average Bonchev–Trinajstić information content (AvgIpc) is 2.17. The van der Waals surface area contributed by atoms with E-state index in [9.17, 15) is 0 Å². The molecule has 0 saturated carbocycles. The molecule has 2 rings (SSSR count). The zero-order valence-corrected chi connectivity index (χ0v) is 8.62. The summed E-state index contributed by atoms with van der Waals surface area (Å²) < 4.78 is 0. The third-order valence-electron chi connectivity index (χ3n) is 2.01. The Balaban J connectivity index is 2.62. The van der Waals surface area contributed by atoms with E-state index in [2.05, 4.69) is 34.8 Å². The lowest BCUT2D eigenvalue weighted by atomic mass is 10.2. The first-order valence-corrected chi connectivity index (χ1v) is 6.40. The molecular weight excluding hydrogens is 180 g/mol. The summed E-state index contributed by atoms with van der Waals surface area (Å²) in [6.07, 6.45) is 6.25. The van der Waals surface area contributed by atoms with Gasteiger partial charge in [0.1, 0.15) is 0 Å². The fourth-order valence-corrected chi connectivity index (χ4v) is 2.02. The zero-order valence-electron chi connectivity index (χ0n) is 7.73. The van der Waals surface area contributed by atoms with Gasteiger partial charge < -0.3 is 0 Å². The van der Waals surface area contributed by atoms with Crippen LogP contribution >= 0.6 is 10.9 Å². The Labute approximate surface area is 80.3 Å². The summed E-state index contributed by atoms with van der Waals surface area (Å²) in [5.41, 5.74) is 0.975. The van der Waals surface area contributed by atoms with Crippen LogP contribution in [0.1, 0.15) is 0 Å².